The SMILES string of the molecule is CC(C)(C)[Si](C)(C)OC[C@@H]1NC(=O)[C@@H](CO[Si](C)(C)C(C)(C)C)NC1=O. The van der Waals surface area contributed by atoms with Crippen molar-refractivity contribution >= 4 is 28.4 Å². The van der Waals surface area contributed by atoms with E-state index in [0.29, 0.717) is 0 Å². The quantitative estimate of drug-likeness (QED) is 0.670. The van der Waals surface area contributed by atoms with Crippen LogP contribution in [0.15, 0.2) is 0 Å². The molecule has 2 N–H and O–H groups in total. The number of amides is 2. The monoisotopic (exact) mass is 402 g/mol. The summed E-state index contributed by atoms with van der Waals surface area (Å²) in [5.74, 6) is -0.403. The summed E-state index contributed by atoms with van der Waals surface area (Å²) in [6, 6.07) is -1.28. The highest BCUT2D eigenvalue weighted by molar-refractivity contribution is 6.74. The summed E-state index contributed by atoms with van der Waals surface area (Å²) in [5.41, 5.74) is 0. The highest BCUT2D eigenvalue weighted by atomic mass is 28.4. The predicted molar refractivity (Wildman–Crippen MR) is 110 cm³/mol. The highest BCUT2D eigenvalue weighted by Crippen LogP contribution is 2.37. The molecule has 152 valence electrons. The van der Waals surface area contributed by atoms with Crippen molar-refractivity contribution in [2.75, 3.05) is 13.2 Å². The van der Waals surface area contributed by atoms with Gasteiger partial charge in [0.2, 0.25) is 11.8 Å². The van der Waals surface area contributed by atoms with Crippen LogP contribution in [0.4, 0.5) is 0 Å². The van der Waals surface area contributed by atoms with Crippen LogP contribution in [0, 0.1) is 0 Å². The third-order valence-electron chi connectivity index (χ3n) is 6.10. The smallest absolute Gasteiger partial charge is 0.245 e. The number of hydrogen-bond donors (Lipinski definition) is 2. The maximum Gasteiger partial charge on any atom is 0.245 e. The molecular weight excluding hydrogens is 364 g/mol. The van der Waals surface area contributed by atoms with Crippen LogP contribution in [0.1, 0.15) is 41.5 Å². The van der Waals surface area contributed by atoms with Crippen molar-refractivity contribution < 1.29 is 18.4 Å². The zero-order chi connectivity index (χ0) is 20.6. The fourth-order valence-corrected chi connectivity index (χ4v) is 3.96. The lowest BCUT2D eigenvalue weighted by Crippen LogP contribution is -2.65. The van der Waals surface area contributed by atoms with Gasteiger partial charge in [-0.25, -0.2) is 0 Å². The molecule has 0 aliphatic carbocycles. The van der Waals surface area contributed by atoms with Crippen LogP contribution in [0.2, 0.25) is 36.3 Å². The summed E-state index contributed by atoms with van der Waals surface area (Å²) in [6.07, 6.45) is 0. The summed E-state index contributed by atoms with van der Waals surface area (Å²) in [5, 5.41) is 5.71. The Morgan fingerprint density at radius 3 is 1.23 bits per heavy atom. The average molecular weight is 403 g/mol. The Kier molecular flexibility index (Phi) is 6.94. The first-order valence-corrected chi connectivity index (χ1v) is 15.2. The van der Waals surface area contributed by atoms with E-state index in [1.807, 2.05) is 0 Å². The lowest BCUT2D eigenvalue weighted by atomic mass is 10.1. The van der Waals surface area contributed by atoms with Crippen molar-refractivity contribution in [1.82, 2.24) is 10.6 Å². The minimum Gasteiger partial charge on any atom is -0.414 e. The van der Waals surface area contributed by atoms with Crippen molar-refractivity contribution in [3.05, 3.63) is 0 Å². The molecule has 26 heavy (non-hydrogen) atoms. The molecule has 0 aromatic rings. The molecule has 0 bridgehead atoms. The number of carbonyl (C=O) groups is 2. The van der Waals surface area contributed by atoms with Crippen molar-refractivity contribution in [1.29, 1.82) is 0 Å². The number of piperazine rings is 1. The standard InChI is InChI=1S/C18H38N2O4Si2/c1-17(2,3)25(7,8)23-11-13-15(21)20-14(16(22)19-13)12-24-26(9,10)18(4,5)6/h13-14H,11-12H2,1-10H3,(H,19,22)(H,20,21)/t13-,14+. The molecule has 0 unspecified atom stereocenters. The minimum absolute atomic E-state index is 0.0572. The first kappa shape index (κ1) is 23.3. The van der Waals surface area contributed by atoms with Crippen LogP contribution in [0.25, 0.3) is 0 Å². The third-order valence-corrected chi connectivity index (χ3v) is 15.1. The zero-order valence-corrected chi connectivity index (χ0v) is 20.2. The van der Waals surface area contributed by atoms with Crippen LogP contribution in [-0.4, -0.2) is 53.7 Å². The Balaban J connectivity index is 2.63. The van der Waals surface area contributed by atoms with Crippen LogP contribution >= 0.6 is 0 Å². The largest absolute Gasteiger partial charge is 0.414 e. The molecule has 1 fully saturated rings. The Bertz CT molecular complexity index is 488. The normalized spacial score (nSPS) is 22.8. The molecule has 0 spiro atoms. The number of carbonyl (C=O) groups excluding carboxylic acids is 2. The first-order valence-electron chi connectivity index (χ1n) is 9.37. The molecule has 2 atom stereocenters. The van der Waals surface area contributed by atoms with Crippen LogP contribution in [0.3, 0.4) is 0 Å². The molecule has 0 aromatic heterocycles. The van der Waals surface area contributed by atoms with E-state index in [2.05, 4.69) is 78.4 Å². The zero-order valence-electron chi connectivity index (χ0n) is 18.2. The van der Waals surface area contributed by atoms with Gasteiger partial charge >= 0.3 is 0 Å². The Morgan fingerprint density at radius 2 is 1.00 bits per heavy atom. The van der Waals surface area contributed by atoms with Gasteiger partial charge in [0.1, 0.15) is 12.1 Å². The molecule has 1 saturated heterocycles. The van der Waals surface area contributed by atoms with Crippen molar-refractivity contribution in [3.8, 4) is 0 Å². The fraction of sp³-hybridized carbons (Fsp3) is 0.889. The van der Waals surface area contributed by atoms with Gasteiger partial charge in [0.15, 0.2) is 16.6 Å². The van der Waals surface area contributed by atoms with E-state index in [1.165, 1.54) is 0 Å². The molecule has 0 aromatic carbocycles. The summed E-state index contributed by atoms with van der Waals surface area (Å²) in [7, 11) is -3.94. The van der Waals surface area contributed by atoms with Crippen LogP contribution in [-0.2, 0) is 18.4 Å². The average Bonchev–Trinajstić information content (AvgIpc) is 2.44. The van der Waals surface area contributed by atoms with E-state index in [9.17, 15) is 9.59 Å². The summed E-state index contributed by atoms with van der Waals surface area (Å²) < 4.78 is 12.2. The number of rotatable bonds is 6. The van der Waals surface area contributed by atoms with E-state index in [4.69, 9.17) is 8.85 Å². The Hall–Kier alpha value is -0.706. The van der Waals surface area contributed by atoms with Crippen LogP contribution < -0.4 is 10.6 Å². The number of hydrogen-bond acceptors (Lipinski definition) is 4. The minimum atomic E-state index is -1.97. The second-order valence-electron chi connectivity index (χ2n) is 10.3. The van der Waals surface area contributed by atoms with Gasteiger partial charge in [0, 0.05) is 0 Å². The topological polar surface area (TPSA) is 76.7 Å². The van der Waals surface area contributed by atoms with Crippen LogP contribution in [0.5, 0.6) is 0 Å². The maximum atomic E-state index is 12.4. The van der Waals surface area contributed by atoms with Crippen molar-refractivity contribution in [3.63, 3.8) is 0 Å². The van der Waals surface area contributed by atoms with Crippen molar-refractivity contribution in [2.45, 2.75) is 89.9 Å². The fourth-order valence-electron chi connectivity index (χ4n) is 1.93. The molecule has 1 heterocycles. The third kappa shape index (κ3) is 5.64. The maximum absolute atomic E-state index is 12.4. The molecule has 2 amide bonds. The van der Waals surface area contributed by atoms with E-state index in [0.717, 1.165) is 0 Å². The molecule has 1 aliphatic rings. The molecule has 1 rings (SSSR count). The highest BCUT2D eigenvalue weighted by Gasteiger charge is 2.42. The first-order chi connectivity index (χ1) is 11.5. The second-order valence-corrected chi connectivity index (χ2v) is 19.9. The summed E-state index contributed by atoms with van der Waals surface area (Å²) in [4.78, 5) is 24.8. The molecule has 0 radical (unpaired) electrons. The van der Waals surface area contributed by atoms with Gasteiger partial charge in [0.25, 0.3) is 0 Å². The van der Waals surface area contributed by atoms with E-state index in [-0.39, 0.29) is 35.1 Å². The van der Waals surface area contributed by atoms with Gasteiger partial charge in [-0.1, -0.05) is 41.5 Å². The van der Waals surface area contributed by atoms with Gasteiger partial charge in [-0.05, 0) is 36.3 Å². The van der Waals surface area contributed by atoms with E-state index < -0.39 is 28.7 Å². The summed E-state index contributed by atoms with van der Waals surface area (Å²) in [6.45, 7) is 21.8. The van der Waals surface area contributed by atoms with Gasteiger partial charge in [0.05, 0.1) is 13.2 Å². The molecular formula is C18H38N2O4Si2. The van der Waals surface area contributed by atoms with Crippen molar-refractivity contribution in [2.24, 2.45) is 0 Å². The van der Waals surface area contributed by atoms with Gasteiger partial charge < -0.3 is 19.5 Å². The second kappa shape index (κ2) is 7.73. The van der Waals surface area contributed by atoms with Gasteiger partial charge in [-0.15, -0.1) is 0 Å². The Labute approximate surface area is 161 Å². The lowest BCUT2D eigenvalue weighted by molar-refractivity contribution is -0.138. The van der Waals surface area contributed by atoms with Gasteiger partial charge in [-0.3, -0.25) is 9.59 Å². The molecule has 8 heteroatoms. The van der Waals surface area contributed by atoms with Gasteiger partial charge in [-0.2, -0.15) is 0 Å². The molecule has 1 aliphatic heterocycles. The lowest BCUT2D eigenvalue weighted by Gasteiger charge is -2.39. The van der Waals surface area contributed by atoms with E-state index in [1.54, 1.807) is 0 Å². The predicted octanol–water partition coefficient (Wildman–Crippen LogP) is 3.01. The molecule has 6 nitrogen and oxygen atoms in total. The molecule has 0 saturated carbocycles. The number of nitrogens with one attached hydrogen (secondary N) is 2. The summed E-state index contributed by atoms with van der Waals surface area (Å²) >= 11 is 0. The Morgan fingerprint density at radius 1 is 0.731 bits per heavy atom. The van der Waals surface area contributed by atoms with E-state index >= 15 is 0 Å².